The van der Waals surface area contributed by atoms with Crippen molar-refractivity contribution in [2.45, 2.75) is 155 Å². The lowest BCUT2D eigenvalue weighted by molar-refractivity contribution is 0.667. The molecule has 0 aliphatic rings. The number of hydrogen-bond donors (Lipinski definition) is 0. The number of aryl methyl sites for hydroxylation is 1. The van der Waals surface area contributed by atoms with Crippen LogP contribution in [0.2, 0.25) is 33.2 Å². The third-order valence-electron chi connectivity index (χ3n) is 12.9. The first kappa shape index (κ1) is 39.9. The Labute approximate surface area is 319 Å². The van der Waals surface area contributed by atoms with Crippen molar-refractivity contribution in [3.05, 3.63) is 83.4 Å². The van der Waals surface area contributed by atoms with Crippen LogP contribution in [0.3, 0.4) is 0 Å². The van der Waals surface area contributed by atoms with Gasteiger partial charge in [0, 0.05) is 11.1 Å². The first-order valence-electron chi connectivity index (χ1n) is 20.6. The van der Waals surface area contributed by atoms with E-state index in [0.717, 1.165) is 6.42 Å². The molecule has 0 heterocycles. The SMILES string of the molecule is CCCCCCc1ccc2cc3c(C#C[Si](C(C)C)(C(C)C)C(C)C)c4cc5ccccc5cc4c(C#C[Si](C(C)C)(C(C)C)C(C)C)c3cc2c1. The standard InChI is InChI=1S/C50H66Si2/c1-14-15-16-17-20-40-23-24-43-32-49-45(25-27-51(34(2)3,35(4)5)36(6)7)47-30-41-21-18-19-22-42(41)31-48(47)46(50(49)33-44(43)29-40)26-28-52(37(8)9,38(10)11)39(12)13/h18-19,21-24,29-39H,14-17,20H2,1-13H3. The summed E-state index contributed by atoms with van der Waals surface area (Å²) in [5.41, 5.74) is 15.5. The summed E-state index contributed by atoms with van der Waals surface area (Å²) in [6, 6.07) is 25.8. The Hall–Kier alpha value is -3.31. The minimum atomic E-state index is -2.00. The number of fused-ring (bicyclic) bond motifs is 4. The van der Waals surface area contributed by atoms with Crippen molar-refractivity contribution in [1.29, 1.82) is 0 Å². The summed E-state index contributed by atoms with van der Waals surface area (Å²) < 4.78 is 0. The maximum absolute atomic E-state index is 4.16. The van der Waals surface area contributed by atoms with Crippen molar-refractivity contribution in [2.24, 2.45) is 0 Å². The zero-order chi connectivity index (χ0) is 38.0. The molecule has 5 aromatic rings. The van der Waals surface area contributed by atoms with Crippen molar-refractivity contribution < 1.29 is 0 Å². The number of rotatable bonds is 11. The van der Waals surface area contributed by atoms with Crippen LogP contribution in [0.1, 0.15) is 132 Å². The minimum absolute atomic E-state index is 0.570. The molecular weight excluding hydrogens is 657 g/mol. The summed E-state index contributed by atoms with van der Waals surface area (Å²) in [4.78, 5) is 0. The fraction of sp³-hybridized carbons (Fsp3) is 0.480. The number of benzene rings is 5. The van der Waals surface area contributed by atoms with Crippen molar-refractivity contribution in [3.63, 3.8) is 0 Å². The molecule has 0 radical (unpaired) electrons. The van der Waals surface area contributed by atoms with Gasteiger partial charge in [0.05, 0.1) is 0 Å². The molecule has 0 spiro atoms. The van der Waals surface area contributed by atoms with Gasteiger partial charge < -0.3 is 0 Å². The van der Waals surface area contributed by atoms with Gasteiger partial charge in [0.25, 0.3) is 0 Å². The van der Waals surface area contributed by atoms with E-state index in [9.17, 15) is 0 Å². The summed E-state index contributed by atoms with van der Waals surface area (Å²) in [6.45, 7) is 31.4. The second-order valence-corrected chi connectivity index (χ2v) is 28.8. The summed E-state index contributed by atoms with van der Waals surface area (Å²) in [5, 5.41) is 10.2. The molecule has 2 heteroatoms. The Morgan fingerprint density at radius 1 is 0.442 bits per heavy atom. The van der Waals surface area contributed by atoms with E-state index in [0.29, 0.717) is 33.2 Å². The molecule has 0 aliphatic carbocycles. The second kappa shape index (κ2) is 16.4. The van der Waals surface area contributed by atoms with E-state index in [1.54, 1.807) is 0 Å². The van der Waals surface area contributed by atoms with Gasteiger partial charge in [0.1, 0.15) is 16.1 Å². The van der Waals surface area contributed by atoms with Gasteiger partial charge in [-0.25, -0.2) is 0 Å². The van der Waals surface area contributed by atoms with Gasteiger partial charge in [-0.2, -0.15) is 0 Å². The highest BCUT2D eigenvalue weighted by atomic mass is 28.3. The largest absolute Gasteiger partial charge is 0.146 e. The summed E-state index contributed by atoms with van der Waals surface area (Å²) in [7, 11) is -3.99. The number of unbranched alkanes of at least 4 members (excludes halogenated alkanes) is 3. The molecule has 0 unspecified atom stereocenters. The van der Waals surface area contributed by atoms with Crippen molar-refractivity contribution in [3.8, 4) is 22.9 Å². The van der Waals surface area contributed by atoms with E-state index in [1.807, 2.05) is 0 Å². The zero-order valence-electron chi connectivity index (χ0n) is 34.9. The Bertz CT molecular complexity index is 2130. The van der Waals surface area contributed by atoms with Crippen LogP contribution in [0.5, 0.6) is 0 Å². The molecule has 52 heavy (non-hydrogen) atoms. The van der Waals surface area contributed by atoms with Crippen LogP contribution in [0, 0.1) is 22.9 Å². The van der Waals surface area contributed by atoms with Crippen LogP contribution in [-0.2, 0) is 6.42 Å². The molecule has 0 N–H and O–H groups in total. The molecule has 0 atom stereocenters. The highest BCUT2D eigenvalue weighted by Crippen LogP contribution is 2.44. The predicted molar refractivity (Wildman–Crippen MR) is 240 cm³/mol. The number of hydrogen-bond acceptors (Lipinski definition) is 0. The molecule has 0 saturated heterocycles. The summed E-state index contributed by atoms with van der Waals surface area (Å²) in [6.07, 6.45) is 6.27. The molecule has 0 bridgehead atoms. The van der Waals surface area contributed by atoms with Crippen LogP contribution in [0.15, 0.2) is 66.7 Å². The third-order valence-corrected chi connectivity index (χ3v) is 25.4. The van der Waals surface area contributed by atoms with E-state index >= 15 is 0 Å². The predicted octanol–water partition coefficient (Wildman–Crippen LogP) is 15.6. The molecule has 0 saturated carbocycles. The van der Waals surface area contributed by atoms with Crippen molar-refractivity contribution in [1.82, 2.24) is 0 Å². The molecule has 5 rings (SSSR count). The monoisotopic (exact) mass is 722 g/mol. The first-order valence-corrected chi connectivity index (χ1v) is 25.1. The molecule has 0 aromatic heterocycles. The molecular formula is C50H66Si2. The molecule has 0 fully saturated rings. The van der Waals surface area contributed by atoms with Crippen LogP contribution < -0.4 is 0 Å². The lowest BCUT2D eigenvalue weighted by Crippen LogP contribution is -2.43. The van der Waals surface area contributed by atoms with Crippen molar-refractivity contribution in [2.75, 3.05) is 0 Å². The molecule has 274 valence electrons. The van der Waals surface area contributed by atoms with Gasteiger partial charge in [-0.1, -0.05) is 164 Å². The van der Waals surface area contributed by atoms with Crippen LogP contribution in [-0.4, -0.2) is 16.1 Å². The van der Waals surface area contributed by atoms with Crippen molar-refractivity contribution >= 4 is 59.2 Å². The maximum atomic E-state index is 4.16. The smallest absolute Gasteiger partial charge is 0.125 e. The lowest BCUT2D eigenvalue weighted by atomic mass is 9.88. The van der Waals surface area contributed by atoms with E-state index in [2.05, 4.69) is 180 Å². The molecule has 0 aliphatic heterocycles. The fourth-order valence-corrected chi connectivity index (χ4v) is 20.5. The van der Waals surface area contributed by atoms with Gasteiger partial charge >= 0.3 is 0 Å². The Morgan fingerprint density at radius 2 is 0.827 bits per heavy atom. The topological polar surface area (TPSA) is 0 Å². The summed E-state index contributed by atoms with van der Waals surface area (Å²) >= 11 is 0. The highest BCUT2D eigenvalue weighted by Gasteiger charge is 2.43. The van der Waals surface area contributed by atoms with Gasteiger partial charge in [-0.3, -0.25) is 0 Å². The minimum Gasteiger partial charge on any atom is -0.125 e. The van der Waals surface area contributed by atoms with Gasteiger partial charge in [0.2, 0.25) is 0 Å². The first-order chi connectivity index (χ1) is 24.7. The average Bonchev–Trinajstić information content (AvgIpc) is 3.08. The molecule has 0 amide bonds. The average molecular weight is 723 g/mol. The Kier molecular flexibility index (Phi) is 12.6. The second-order valence-electron chi connectivity index (χ2n) is 17.7. The van der Waals surface area contributed by atoms with Crippen LogP contribution in [0.4, 0.5) is 0 Å². The van der Waals surface area contributed by atoms with Crippen LogP contribution in [0.25, 0.3) is 43.1 Å². The zero-order valence-corrected chi connectivity index (χ0v) is 36.9. The van der Waals surface area contributed by atoms with Gasteiger partial charge in [0.15, 0.2) is 0 Å². The van der Waals surface area contributed by atoms with Gasteiger partial charge in [-0.05, 0) is 119 Å². The summed E-state index contributed by atoms with van der Waals surface area (Å²) in [5.74, 6) is 8.06. The fourth-order valence-electron chi connectivity index (χ4n) is 10.1. The Balaban J connectivity index is 1.97. The van der Waals surface area contributed by atoms with E-state index < -0.39 is 16.1 Å². The van der Waals surface area contributed by atoms with E-state index in [1.165, 1.54) is 85.5 Å². The lowest BCUT2D eigenvalue weighted by Gasteiger charge is -2.38. The van der Waals surface area contributed by atoms with Crippen LogP contribution >= 0.6 is 0 Å². The highest BCUT2D eigenvalue weighted by molar-refractivity contribution is 6.91. The normalized spacial score (nSPS) is 12.7. The molecule has 0 nitrogen and oxygen atoms in total. The van der Waals surface area contributed by atoms with Gasteiger partial charge in [-0.15, -0.1) is 11.1 Å². The Morgan fingerprint density at radius 3 is 1.21 bits per heavy atom. The maximum Gasteiger partial charge on any atom is 0.146 e. The third kappa shape index (κ3) is 7.41. The quantitative estimate of drug-likeness (QED) is 0.0551. The van der Waals surface area contributed by atoms with E-state index in [-0.39, 0.29) is 0 Å². The van der Waals surface area contributed by atoms with E-state index in [4.69, 9.17) is 0 Å². The molecule has 5 aromatic carbocycles.